The fourth-order valence-electron chi connectivity index (χ4n) is 1.10. The minimum Gasteiger partial charge on any atom is -0.444 e. The summed E-state index contributed by atoms with van der Waals surface area (Å²) in [6, 6.07) is 9.38. The molecule has 1 aromatic carbocycles. The highest BCUT2D eigenvalue weighted by molar-refractivity contribution is 5.94. The number of alkyl carbamates (subject to hydrolysis) is 1. The number of halogens is 1. The third kappa shape index (κ3) is 6.55. The molecule has 0 aliphatic rings. The van der Waals surface area contributed by atoms with Crippen molar-refractivity contribution in [2.75, 3.05) is 13.6 Å². The van der Waals surface area contributed by atoms with Crippen LogP contribution >= 0.6 is 12.4 Å². The monoisotopic (exact) mass is 257 g/mol. The Hall–Kier alpha value is -1.59. The molecule has 1 amide bonds. The van der Waals surface area contributed by atoms with Gasteiger partial charge in [-0.15, -0.1) is 12.4 Å². The van der Waals surface area contributed by atoms with E-state index in [1.54, 1.807) is 7.05 Å². The van der Waals surface area contributed by atoms with Crippen LogP contribution in [0.1, 0.15) is 5.56 Å². The van der Waals surface area contributed by atoms with E-state index in [9.17, 15) is 4.79 Å². The first-order valence-electron chi connectivity index (χ1n) is 4.92. The zero-order valence-electron chi connectivity index (χ0n) is 9.53. The molecule has 94 valence electrons. The number of benzene rings is 1. The van der Waals surface area contributed by atoms with E-state index < -0.39 is 6.09 Å². The lowest BCUT2D eigenvalue weighted by Gasteiger charge is -2.07. The summed E-state index contributed by atoms with van der Waals surface area (Å²) in [6.07, 6.45) is -0.607. The number of rotatable bonds is 4. The standard InChI is InChI=1S/C11H15N3O2.ClH/c1-13-7-10(12)14-11(15)16-8-9-5-3-2-4-6-9;/h2-6,13H,7-8H2,1H3,(H2,12,14,15);1H. The van der Waals surface area contributed by atoms with Crippen LogP contribution in [0.3, 0.4) is 0 Å². The molecule has 1 aromatic rings. The van der Waals surface area contributed by atoms with Crippen molar-refractivity contribution in [1.29, 1.82) is 5.41 Å². The molecule has 0 atom stereocenters. The van der Waals surface area contributed by atoms with E-state index in [-0.39, 0.29) is 24.8 Å². The summed E-state index contributed by atoms with van der Waals surface area (Å²) in [5.74, 6) is 0.0839. The molecule has 0 saturated carbocycles. The van der Waals surface area contributed by atoms with Crippen molar-refractivity contribution in [2.45, 2.75) is 6.61 Å². The number of nitrogens with one attached hydrogen (secondary N) is 3. The van der Waals surface area contributed by atoms with Crippen molar-refractivity contribution < 1.29 is 9.53 Å². The van der Waals surface area contributed by atoms with Gasteiger partial charge in [0.2, 0.25) is 0 Å². The summed E-state index contributed by atoms with van der Waals surface area (Å²) >= 11 is 0. The zero-order valence-corrected chi connectivity index (χ0v) is 10.3. The molecule has 17 heavy (non-hydrogen) atoms. The number of amidine groups is 1. The number of hydrogen-bond donors (Lipinski definition) is 3. The Labute approximate surface area is 106 Å². The fourth-order valence-corrected chi connectivity index (χ4v) is 1.10. The Morgan fingerprint density at radius 3 is 2.59 bits per heavy atom. The van der Waals surface area contributed by atoms with Crippen LogP contribution in [-0.2, 0) is 11.3 Å². The fraction of sp³-hybridized carbons (Fsp3) is 0.273. The average molecular weight is 258 g/mol. The Morgan fingerprint density at radius 2 is 2.00 bits per heavy atom. The summed E-state index contributed by atoms with van der Waals surface area (Å²) in [4.78, 5) is 11.2. The van der Waals surface area contributed by atoms with Gasteiger partial charge in [-0.05, 0) is 12.6 Å². The largest absolute Gasteiger partial charge is 0.444 e. The highest BCUT2D eigenvalue weighted by atomic mass is 35.5. The number of likely N-dealkylation sites (N-methyl/N-ethyl adjacent to an activating group) is 1. The van der Waals surface area contributed by atoms with Gasteiger partial charge < -0.3 is 10.1 Å². The van der Waals surface area contributed by atoms with E-state index in [1.807, 2.05) is 30.3 Å². The minimum atomic E-state index is -0.607. The van der Waals surface area contributed by atoms with Gasteiger partial charge in [0.15, 0.2) is 0 Å². The van der Waals surface area contributed by atoms with Gasteiger partial charge in [0, 0.05) is 0 Å². The first kappa shape index (κ1) is 15.4. The SMILES string of the molecule is CNCC(=N)NC(=O)OCc1ccccc1.Cl. The first-order valence-corrected chi connectivity index (χ1v) is 4.92. The Balaban J connectivity index is 0.00000256. The average Bonchev–Trinajstić information content (AvgIpc) is 2.28. The number of ether oxygens (including phenoxy) is 1. The van der Waals surface area contributed by atoms with Crippen LogP contribution in [0.5, 0.6) is 0 Å². The molecule has 0 bridgehead atoms. The molecule has 3 N–H and O–H groups in total. The van der Waals surface area contributed by atoms with Crippen LogP contribution in [0.15, 0.2) is 30.3 Å². The predicted octanol–water partition coefficient (Wildman–Crippen LogP) is 1.53. The van der Waals surface area contributed by atoms with E-state index in [4.69, 9.17) is 10.1 Å². The Morgan fingerprint density at radius 1 is 1.35 bits per heavy atom. The van der Waals surface area contributed by atoms with Crippen molar-refractivity contribution in [1.82, 2.24) is 10.6 Å². The molecule has 0 radical (unpaired) electrons. The predicted molar refractivity (Wildman–Crippen MR) is 68.7 cm³/mol. The van der Waals surface area contributed by atoms with Crippen molar-refractivity contribution in [3.05, 3.63) is 35.9 Å². The molecule has 0 aromatic heterocycles. The van der Waals surface area contributed by atoms with Gasteiger partial charge in [-0.25, -0.2) is 4.79 Å². The summed E-state index contributed by atoms with van der Waals surface area (Å²) < 4.78 is 4.93. The quantitative estimate of drug-likeness (QED) is 0.566. The maximum absolute atomic E-state index is 11.2. The van der Waals surface area contributed by atoms with Gasteiger partial charge in [0.05, 0.1) is 6.54 Å². The van der Waals surface area contributed by atoms with Crippen molar-refractivity contribution in [3.8, 4) is 0 Å². The third-order valence-electron chi connectivity index (χ3n) is 1.82. The second kappa shape index (κ2) is 8.55. The number of carbonyl (C=O) groups excluding carboxylic acids is 1. The van der Waals surface area contributed by atoms with Gasteiger partial charge in [-0.1, -0.05) is 30.3 Å². The molecule has 0 unspecified atom stereocenters. The summed E-state index contributed by atoms with van der Waals surface area (Å²) in [7, 11) is 1.70. The van der Waals surface area contributed by atoms with Crippen LogP contribution in [0.25, 0.3) is 0 Å². The highest BCUT2D eigenvalue weighted by Gasteiger charge is 2.04. The van der Waals surface area contributed by atoms with Crippen molar-refractivity contribution >= 4 is 24.3 Å². The Bertz CT molecular complexity index is 357. The molecule has 1 rings (SSSR count). The van der Waals surface area contributed by atoms with Gasteiger partial charge in [-0.2, -0.15) is 0 Å². The van der Waals surface area contributed by atoms with E-state index in [2.05, 4.69) is 10.6 Å². The van der Waals surface area contributed by atoms with Crippen LogP contribution in [-0.4, -0.2) is 25.5 Å². The molecular weight excluding hydrogens is 242 g/mol. The molecule has 0 fully saturated rings. The molecule has 6 heteroatoms. The van der Waals surface area contributed by atoms with E-state index in [1.165, 1.54) is 0 Å². The van der Waals surface area contributed by atoms with Gasteiger partial charge in [-0.3, -0.25) is 10.7 Å². The van der Waals surface area contributed by atoms with E-state index in [0.29, 0.717) is 6.54 Å². The van der Waals surface area contributed by atoms with Gasteiger partial charge in [0.1, 0.15) is 12.4 Å². The second-order valence-corrected chi connectivity index (χ2v) is 3.20. The zero-order chi connectivity index (χ0) is 11.8. The number of amides is 1. The Kier molecular flexibility index (Phi) is 7.75. The lowest BCUT2D eigenvalue weighted by atomic mass is 10.2. The highest BCUT2D eigenvalue weighted by Crippen LogP contribution is 2.00. The van der Waals surface area contributed by atoms with E-state index >= 15 is 0 Å². The summed E-state index contributed by atoms with van der Waals surface area (Å²) in [5.41, 5.74) is 0.915. The van der Waals surface area contributed by atoms with Crippen LogP contribution < -0.4 is 10.6 Å². The maximum Gasteiger partial charge on any atom is 0.412 e. The van der Waals surface area contributed by atoms with Gasteiger partial charge >= 0.3 is 6.09 Å². The second-order valence-electron chi connectivity index (χ2n) is 3.20. The van der Waals surface area contributed by atoms with Crippen LogP contribution in [0, 0.1) is 5.41 Å². The van der Waals surface area contributed by atoms with E-state index in [0.717, 1.165) is 5.56 Å². The molecular formula is C11H16ClN3O2. The molecule has 0 aliphatic carbocycles. The first-order chi connectivity index (χ1) is 7.72. The summed E-state index contributed by atoms with van der Waals surface area (Å²) in [5, 5.41) is 12.4. The lowest BCUT2D eigenvalue weighted by molar-refractivity contribution is 0.145. The molecule has 0 spiro atoms. The lowest BCUT2D eigenvalue weighted by Crippen LogP contribution is -2.36. The molecule has 0 heterocycles. The van der Waals surface area contributed by atoms with Crippen molar-refractivity contribution in [3.63, 3.8) is 0 Å². The minimum absolute atomic E-state index is 0. The molecule has 0 saturated heterocycles. The topological polar surface area (TPSA) is 74.2 Å². The van der Waals surface area contributed by atoms with Gasteiger partial charge in [0.25, 0.3) is 0 Å². The number of carbonyl (C=O) groups is 1. The van der Waals surface area contributed by atoms with Crippen LogP contribution in [0.4, 0.5) is 4.79 Å². The molecule has 0 aliphatic heterocycles. The van der Waals surface area contributed by atoms with Crippen molar-refractivity contribution in [2.24, 2.45) is 0 Å². The number of hydrogen-bond acceptors (Lipinski definition) is 4. The van der Waals surface area contributed by atoms with Crippen LogP contribution in [0.2, 0.25) is 0 Å². The normalized spacial score (nSPS) is 9.00. The summed E-state index contributed by atoms with van der Waals surface area (Å²) in [6.45, 7) is 0.514. The smallest absolute Gasteiger partial charge is 0.412 e. The molecule has 5 nitrogen and oxygen atoms in total. The maximum atomic E-state index is 11.2. The third-order valence-corrected chi connectivity index (χ3v) is 1.82.